The fraction of sp³-hybridized carbons (Fsp3) is 0.500. The standard InChI is InChI=1S/C16H23NO4/c1-4-16(2,3)15(20)17-10-9-12-5-7-13(8-6-12)21-11-14(18)19/h5-8H,4,9-11H2,1-3H3,(H,17,20)(H,18,19). The number of carbonyl (C=O) groups excluding carboxylic acids is 1. The quantitative estimate of drug-likeness (QED) is 0.771. The van der Waals surface area contributed by atoms with Crippen molar-refractivity contribution >= 4 is 11.9 Å². The van der Waals surface area contributed by atoms with Gasteiger partial charge in [-0.15, -0.1) is 0 Å². The number of carboxylic acid groups (broad SMARTS) is 1. The van der Waals surface area contributed by atoms with Gasteiger partial charge in [0.1, 0.15) is 5.75 Å². The molecule has 0 heterocycles. The van der Waals surface area contributed by atoms with E-state index < -0.39 is 5.97 Å². The van der Waals surface area contributed by atoms with Gasteiger partial charge in [-0.1, -0.05) is 32.9 Å². The molecule has 0 aliphatic carbocycles. The molecule has 0 atom stereocenters. The monoisotopic (exact) mass is 293 g/mol. The Morgan fingerprint density at radius 3 is 2.38 bits per heavy atom. The number of carboxylic acids is 1. The molecular formula is C16H23NO4. The number of hydrogen-bond donors (Lipinski definition) is 2. The van der Waals surface area contributed by atoms with Crippen LogP contribution in [0.25, 0.3) is 0 Å². The van der Waals surface area contributed by atoms with E-state index in [1.165, 1.54) is 0 Å². The molecule has 0 fully saturated rings. The molecule has 1 amide bonds. The van der Waals surface area contributed by atoms with Gasteiger partial charge < -0.3 is 15.2 Å². The maximum absolute atomic E-state index is 11.9. The number of carbonyl (C=O) groups is 2. The second-order valence-corrected chi connectivity index (χ2v) is 5.57. The van der Waals surface area contributed by atoms with Crippen LogP contribution >= 0.6 is 0 Å². The topological polar surface area (TPSA) is 75.6 Å². The summed E-state index contributed by atoms with van der Waals surface area (Å²) in [6.45, 7) is 6.09. The largest absolute Gasteiger partial charge is 0.482 e. The molecule has 5 heteroatoms. The molecule has 0 spiro atoms. The zero-order valence-electron chi connectivity index (χ0n) is 12.8. The molecule has 1 aromatic carbocycles. The third kappa shape index (κ3) is 5.85. The van der Waals surface area contributed by atoms with E-state index in [-0.39, 0.29) is 17.9 Å². The van der Waals surface area contributed by atoms with Gasteiger partial charge in [0.15, 0.2) is 6.61 Å². The Balaban J connectivity index is 2.39. The van der Waals surface area contributed by atoms with Gasteiger partial charge in [-0.05, 0) is 30.5 Å². The lowest BCUT2D eigenvalue weighted by atomic mass is 9.89. The normalized spacial score (nSPS) is 11.0. The number of ether oxygens (including phenoxy) is 1. The van der Waals surface area contributed by atoms with Crippen molar-refractivity contribution in [3.63, 3.8) is 0 Å². The molecule has 0 unspecified atom stereocenters. The lowest BCUT2D eigenvalue weighted by Crippen LogP contribution is -2.37. The molecule has 2 N–H and O–H groups in total. The van der Waals surface area contributed by atoms with Crippen LogP contribution in [0.3, 0.4) is 0 Å². The van der Waals surface area contributed by atoms with Crippen molar-refractivity contribution in [3.8, 4) is 5.75 Å². The predicted molar refractivity (Wildman–Crippen MR) is 80.4 cm³/mol. The highest BCUT2D eigenvalue weighted by Crippen LogP contribution is 2.19. The second-order valence-electron chi connectivity index (χ2n) is 5.57. The molecule has 0 aliphatic rings. The Hall–Kier alpha value is -2.04. The fourth-order valence-corrected chi connectivity index (χ4v) is 1.62. The minimum atomic E-state index is -1.000. The molecule has 0 saturated carbocycles. The maximum Gasteiger partial charge on any atom is 0.341 e. The summed E-state index contributed by atoms with van der Waals surface area (Å²) in [5, 5.41) is 11.4. The van der Waals surface area contributed by atoms with E-state index in [0.29, 0.717) is 12.3 Å². The average molecular weight is 293 g/mol. The highest BCUT2D eigenvalue weighted by atomic mass is 16.5. The van der Waals surface area contributed by atoms with Crippen LogP contribution in [-0.2, 0) is 16.0 Å². The lowest BCUT2D eigenvalue weighted by Gasteiger charge is -2.21. The first kappa shape index (κ1) is 17.0. The van der Waals surface area contributed by atoms with Gasteiger partial charge in [-0.2, -0.15) is 0 Å². The SMILES string of the molecule is CCC(C)(C)C(=O)NCCc1ccc(OCC(=O)O)cc1. The van der Waals surface area contributed by atoms with Gasteiger partial charge in [0.25, 0.3) is 0 Å². The number of benzene rings is 1. The van der Waals surface area contributed by atoms with Crippen LogP contribution in [-0.4, -0.2) is 30.1 Å². The molecule has 21 heavy (non-hydrogen) atoms. The summed E-state index contributed by atoms with van der Waals surface area (Å²) in [5.41, 5.74) is 0.724. The van der Waals surface area contributed by atoms with Crippen molar-refractivity contribution in [2.24, 2.45) is 5.41 Å². The molecule has 0 bridgehead atoms. The van der Waals surface area contributed by atoms with Crippen LogP contribution in [0.2, 0.25) is 0 Å². The molecule has 0 aromatic heterocycles. The van der Waals surface area contributed by atoms with Gasteiger partial charge in [0.2, 0.25) is 5.91 Å². The fourth-order valence-electron chi connectivity index (χ4n) is 1.62. The number of amides is 1. The van der Waals surface area contributed by atoms with Crippen molar-refractivity contribution in [1.82, 2.24) is 5.32 Å². The van der Waals surface area contributed by atoms with E-state index in [4.69, 9.17) is 9.84 Å². The Morgan fingerprint density at radius 1 is 1.24 bits per heavy atom. The highest BCUT2D eigenvalue weighted by molar-refractivity contribution is 5.81. The van der Waals surface area contributed by atoms with Crippen molar-refractivity contribution in [3.05, 3.63) is 29.8 Å². The third-order valence-electron chi connectivity index (χ3n) is 3.48. The predicted octanol–water partition coefficient (Wildman–Crippen LogP) is 2.24. The van der Waals surface area contributed by atoms with Crippen LogP contribution in [0, 0.1) is 5.41 Å². The second kappa shape index (κ2) is 7.67. The molecule has 0 saturated heterocycles. The maximum atomic E-state index is 11.9. The smallest absolute Gasteiger partial charge is 0.341 e. The zero-order chi connectivity index (χ0) is 15.9. The van der Waals surface area contributed by atoms with E-state index in [2.05, 4.69) is 5.32 Å². The van der Waals surface area contributed by atoms with E-state index in [9.17, 15) is 9.59 Å². The van der Waals surface area contributed by atoms with Crippen LogP contribution in [0.5, 0.6) is 5.75 Å². The van der Waals surface area contributed by atoms with Gasteiger partial charge in [0.05, 0.1) is 0 Å². The average Bonchev–Trinajstić information content (AvgIpc) is 2.46. The Labute approximate surface area is 125 Å². The Morgan fingerprint density at radius 2 is 1.86 bits per heavy atom. The Kier molecular flexibility index (Phi) is 6.21. The van der Waals surface area contributed by atoms with Gasteiger partial charge in [-0.3, -0.25) is 4.79 Å². The molecule has 1 rings (SSSR count). The number of hydrogen-bond acceptors (Lipinski definition) is 3. The van der Waals surface area contributed by atoms with Crippen LogP contribution < -0.4 is 10.1 Å². The van der Waals surface area contributed by atoms with Gasteiger partial charge >= 0.3 is 5.97 Å². The first-order valence-corrected chi connectivity index (χ1v) is 7.07. The molecule has 5 nitrogen and oxygen atoms in total. The summed E-state index contributed by atoms with van der Waals surface area (Å²) >= 11 is 0. The van der Waals surface area contributed by atoms with Crippen LogP contribution in [0.1, 0.15) is 32.8 Å². The molecule has 0 radical (unpaired) electrons. The van der Waals surface area contributed by atoms with Crippen molar-refractivity contribution < 1.29 is 19.4 Å². The number of rotatable bonds is 8. The van der Waals surface area contributed by atoms with Gasteiger partial charge in [-0.25, -0.2) is 4.79 Å². The third-order valence-corrected chi connectivity index (χ3v) is 3.48. The summed E-state index contributed by atoms with van der Waals surface area (Å²) in [5.74, 6) is -0.413. The first-order valence-electron chi connectivity index (χ1n) is 7.07. The molecule has 0 aliphatic heterocycles. The van der Waals surface area contributed by atoms with Crippen molar-refractivity contribution in [2.75, 3.05) is 13.2 Å². The summed E-state index contributed by atoms with van der Waals surface area (Å²) in [6.07, 6.45) is 1.53. The van der Waals surface area contributed by atoms with Crippen molar-refractivity contribution in [1.29, 1.82) is 0 Å². The molecule has 116 valence electrons. The molecular weight excluding hydrogens is 270 g/mol. The Bertz CT molecular complexity index is 480. The number of nitrogens with one attached hydrogen (secondary N) is 1. The zero-order valence-corrected chi connectivity index (χ0v) is 12.8. The van der Waals surface area contributed by atoms with Gasteiger partial charge in [0, 0.05) is 12.0 Å². The summed E-state index contributed by atoms with van der Waals surface area (Å²) in [4.78, 5) is 22.3. The minimum Gasteiger partial charge on any atom is -0.482 e. The van der Waals surface area contributed by atoms with E-state index in [1.54, 1.807) is 12.1 Å². The summed E-state index contributed by atoms with van der Waals surface area (Å²) in [7, 11) is 0. The summed E-state index contributed by atoms with van der Waals surface area (Å²) in [6, 6.07) is 7.20. The first-order chi connectivity index (χ1) is 9.85. The van der Waals surface area contributed by atoms with E-state index in [0.717, 1.165) is 18.4 Å². The van der Waals surface area contributed by atoms with E-state index >= 15 is 0 Å². The highest BCUT2D eigenvalue weighted by Gasteiger charge is 2.24. The van der Waals surface area contributed by atoms with Crippen LogP contribution in [0.15, 0.2) is 24.3 Å². The van der Waals surface area contributed by atoms with E-state index in [1.807, 2.05) is 32.9 Å². The summed E-state index contributed by atoms with van der Waals surface area (Å²) < 4.78 is 5.06. The molecule has 1 aromatic rings. The lowest BCUT2D eigenvalue weighted by molar-refractivity contribution is -0.139. The van der Waals surface area contributed by atoms with Crippen LogP contribution in [0.4, 0.5) is 0 Å². The number of aliphatic carboxylic acids is 1. The van der Waals surface area contributed by atoms with Crippen molar-refractivity contribution in [2.45, 2.75) is 33.6 Å². The minimum absolute atomic E-state index is 0.0615.